The first-order valence-electron chi connectivity index (χ1n) is 11.9. The fourth-order valence-electron chi connectivity index (χ4n) is 4.48. The Kier molecular flexibility index (Phi) is 7.50. The highest BCUT2D eigenvalue weighted by atomic mass is 15.0. The fourth-order valence-corrected chi connectivity index (χ4v) is 4.48. The number of para-hydroxylation sites is 1. The van der Waals surface area contributed by atoms with E-state index in [0.29, 0.717) is 5.82 Å². The minimum Gasteiger partial charge on any atom is -0.385 e. The van der Waals surface area contributed by atoms with Crippen LogP contribution in [0.1, 0.15) is 56.1 Å². The molecule has 0 aliphatic heterocycles. The molecule has 2 aliphatic rings. The summed E-state index contributed by atoms with van der Waals surface area (Å²) in [6, 6.07) is 18.8. The number of benzene rings is 2. The van der Waals surface area contributed by atoms with Crippen LogP contribution in [0.5, 0.6) is 0 Å². The van der Waals surface area contributed by atoms with Gasteiger partial charge in [-0.05, 0) is 78.1 Å². The summed E-state index contributed by atoms with van der Waals surface area (Å²) in [6.07, 6.45) is 15.1. The lowest BCUT2D eigenvalue weighted by Gasteiger charge is -2.23. The lowest BCUT2D eigenvalue weighted by Crippen LogP contribution is -2.23. The van der Waals surface area contributed by atoms with Crippen molar-refractivity contribution in [3.05, 3.63) is 102 Å². The Morgan fingerprint density at radius 3 is 2.44 bits per heavy atom. The first-order chi connectivity index (χ1) is 15.7. The van der Waals surface area contributed by atoms with E-state index in [4.69, 9.17) is 5.73 Å². The molecular weight excluding hydrogens is 390 g/mol. The third kappa shape index (κ3) is 6.16. The van der Waals surface area contributed by atoms with E-state index in [1.165, 1.54) is 56.2 Å². The Labute approximate surface area is 192 Å². The standard InChI is InChI=1S/C29H35N3/c1-2-10-24(20-28(30)32-27-15-7-4-8-16-27)25-13-9-14-26(19-25)29(23-17-18-23)31-21-22-11-5-3-6-12-22/h2,4,7-10,13-16,19-20,22,31-32H,1,3,5-6,11-12,17-18,21,30H2/b24-10+,28-20+. The fraction of sp³-hybridized carbons (Fsp3) is 0.310. The zero-order valence-corrected chi connectivity index (χ0v) is 18.9. The van der Waals surface area contributed by atoms with Gasteiger partial charge in [-0.1, -0.05) is 74.4 Å². The monoisotopic (exact) mass is 425 g/mol. The van der Waals surface area contributed by atoms with Crippen molar-refractivity contribution in [1.29, 1.82) is 0 Å². The second-order valence-corrected chi connectivity index (χ2v) is 8.89. The first kappa shape index (κ1) is 22.0. The highest BCUT2D eigenvalue weighted by Crippen LogP contribution is 2.36. The molecule has 0 spiro atoms. The van der Waals surface area contributed by atoms with Crippen molar-refractivity contribution in [2.75, 3.05) is 11.9 Å². The molecule has 0 unspecified atom stereocenters. The summed E-state index contributed by atoms with van der Waals surface area (Å²) in [4.78, 5) is 0. The quantitative estimate of drug-likeness (QED) is 0.385. The maximum atomic E-state index is 6.31. The lowest BCUT2D eigenvalue weighted by atomic mass is 9.89. The zero-order chi connectivity index (χ0) is 22.2. The molecule has 0 amide bonds. The smallest absolute Gasteiger partial charge is 0.101 e. The molecule has 0 aromatic heterocycles. The lowest BCUT2D eigenvalue weighted by molar-refractivity contribution is 0.355. The molecule has 166 valence electrons. The van der Waals surface area contributed by atoms with Crippen LogP contribution in [-0.2, 0) is 0 Å². The van der Waals surface area contributed by atoms with E-state index in [9.17, 15) is 0 Å². The van der Waals surface area contributed by atoms with Crippen LogP contribution in [0.25, 0.3) is 11.3 Å². The van der Waals surface area contributed by atoms with Gasteiger partial charge in [0.05, 0.1) is 0 Å². The molecule has 32 heavy (non-hydrogen) atoms. The summed E-state index contributed by atoms with van der Waals surface area (Å²) in [6.45, 7) is 5.00. The van der Waals surface area contributed by atoms with E-state index in [1.54, 1.807) is 5.57 Å². The second kappa shape index (κ2) is 10.9. The summed E-state index contributed by atoms with van der Waals surface area (Å²) < 4.78 is 0. The Balaban J connectivity index is 1.52. The SMILES string of the molecule is C=C/C=C(\C=C(/N)Nc1ccccc1)c1cccc(C(NCC2CCCCC2)=C2CC2)c1. The van der Waals surface area contributed by atoms with Crippen molar-refractivity contribution in [2.24, 2.45) is 11.7 Å². The van der Waals surface area contributed by atoms with Crippen LogP contribution in [0, 0.1) is 5.92 Å². The molecule has 0 heterocycles. The average Bonchev–Trinajstić information content (AvgIpc) is 3.66. The molecule has 2 aliphatic carbocycles. The minimum atomic E-state index is 0.603. The van der Waals surface area contributed by atoms with Crippen LogP contribution in [-0.4, -0.2) is 6.54 Å². The number of hydrogen-bond donors (Lipinski definition) is 3. The summed E-state index contributed by atoms with van der Waals surface area (Å²) in [5, 5.41) is 7.09. The van der Waals surface area contributed by atoms with Crippen LogP contribution < -0.4 is 16.4 Å². The van der Waals surface area contributed by atoms with Crippen molar-refractivity contribution in [2.45, 2.75) is 44.9 Å². The third-order valence-corrected chi connectivity index (χ3v) is 6.30. The molecule has 3 nitrogen and oxygen atoms in total. The van der Waals surface area contributed by atoms with Crippen molar-refractivity contribution in [3.63, 3.8) is 0 Å². The van der Waals surface area contributed by atoms with Gasteiger partial charge in [-0.25, -0.2) is 0 Å². The van der Waals surface area contributed by atoms with E-state index >= 15 is 0 Å². The van der Waals surface area contributed by atoms with E-state index in [1.807, 2.05) is 48.6 Å². The molecule has 0 saturated heterocycles. The van der Waals surface area contributed by atoms with Crippen molar-refractivity contribution in [1.82, 2.24) is 5.32 Å². The molecule has 2 aromatic carbocycles. The topological polar surface area (TPSA) is 50.1 Å². The second-order valence-electron chi connectivity index (χ2n) is 8.89. The maximum Gasteiger partial charge on any atom is 0.101 e. The number of rotatable bonds is 9. The summed E-state index contributed by atoms with van der Waals surface area (Å²) in [5.41, 5.74) is 13.6. The summed E-state index contributed by atoms with van der Waals surface area (Å²) in [5.74, 6) is 1.41. The molecule has 4 rings (SSSR count). The minimum absolute atomic E-state index is 0.603. The van der Waals surface area contributed by atoms with E-state index in [0.717, 1.165) is 29.3 Å². The summed E-state index contributed by atoms with van der Waals surface area (Å²) in [7, 11) is 0. The van der Waals surface area contributed by atoms with Crippen molar-refractivity contribution < 1.29 is 0 Å². The van der Waals surface area contributed by atoms with Gasteiger partial charge in [-0.2, -0.15) is 0 Å². The van der Waals surface area contributed by atoms with Crippen LogP contribution in [0.15, 0.2) is 90.8 Å². The van der Waals surface area contributed by atoms with Gasteiger partial charge in [-0.15, -0.1) is 0 Å². The van der Waals surface area contributed by atoms with Crippen molar-refractivity contribution in [3.8, 4) is 0 Å². The first-order valence-corrected chi connectivity index (χ1v) is 11.9. The number of nitrogens with two attached hydrogens (primary N) is 1. The van der Waals surface area contributed by atoms with Gasteiger partial charge < -0.3 is 16.4 Å². The number of nitrogens with one attached hydrogen (secondary N) is 2. The number of allylic oxidation sites excluding steroid dienone is 5. The molecular formula is C29H35N3. The maximum absolute atomic E-state index is 6.31. The van der Waals surface area contributed by atoms with Gasteiger partial charge in [0.2, 0.25) is 0 Å². The van der Waals surface area contributed by atoms with Gasteiger partial charge in [0.15, 0.2) is 0 Å². The number of anilines is 1. The summed E-state index contributed by atoms with van der Waals surface area (Å²) >= 11 is 0. The van der Waals surface area contributed by atoms with Gasteiger partial charge in [-0.3, -0.25) is 0 Å². The Hall–Kier alpha value is -3.20. The molecule has 2 fully saturated rings. The zero-order valence-electron chi connectivity index (χ0n) is 18.9. The number of hydrogen-bond acceptors (Lipinski definition) is 3. The predicted octanol–water partition coefficient (Wildman–Crippen LogP) is 6.84. The van der Waals surface area contributed by atoms with Gasteiger partial charge in [0.1, 0.15) is 5.82 Å². The van der Waals surface area contributed by atoms with Gasteiger partial charge in [0, 0.05) is 17.9 Å². The van der Waals surface area contributed by atoms with Crippen LogP contribution >= 0.6 is 0 Å². The van der Waals surface area contributed by atoms with Crippen molar-refractivity contribution >= 4 is 17.0 Å². The van der Waals surface area contributed by atoms with E-state index in [-0.39, 0.29) is 0 Å². The highest BCUT2D eigenvalue weighted by Gasteiger charge is 2.21. The Bertz CT molecular complexity index is 1000. The molecule has 0 radical (unpaired) electrons. The van der Waals surface area contributed by atoms with Gasteiger partial charge >= 0.3 is 0 Å². The van der Waals surface area contributed by atoms with Gasteiger partial charge in [0.25, 0.3) is 0 Å². The van der Waals surface area contributed by atoms with Crippen LogP contribution in [0.2, 0.25) is 0 Å². The average molecular weight is 426 g/mol. The molecule has 2 saturated carbocycles. The molecule has 4 N–H and O–H groups in total. The molecule has 3 heteroatoms. The highest BCUT2D eigenvalue weighted by molar-refractivity contribution is 5.80. The Morgan fingerprint density at radius 2 is 1.72 bits per heavy atom. The van der Waals surface area contributed by atoms with E-state index in [2.05, 4.69) is 41.5 Å². The normalized spacial score (nSPS) is 17.1. The van der Waals surface area contributed by atoms with Crippen LogP contribution in [0.4, 0.5) is 5.69 Å². The van der Waals surface area contributed by atoms with E-state index < -0.39 is 0 Å². The third-order valence-electron chi connectivity index (χ3n) is 6.30. The molecule has 0 bridgehead atoms. The van der Waals surface area contributed by atoms with Crippen LogP contribution in [0.3, 0.4) is 0 Å². The molecule has 0 atom stereocenters. The Morgan fingerprint density at radius 1 is 0.969 bits per heavy atom. The predicted molar refractivity (Wildman–Crippen MR) is 138 cm³/mol. The largest absolute Gasteiger partial charge is 0.385 e. The molecule has 2 aromatic rings.